The Morgan fingerprint density at radius 3 is 2.35 bits per heavy atom. The first-order chi connectivity index (χ1) is 15.0. The number of benzene rings is 2. The molecule has 5 rings (SSSR count). The van der Waals surface area contributed by atoms with Crippen molar-refractivity contribution in [3.8, 4) is 11.1 Å². The van der Waals surface area contributed by atoms with Gasteiger partial charge in [-0.25, -0.2) is 14.7 Å². The Morgan fingerprint density at radius 2 is 1.71 bits per heavy atom. The van der Waals surface area contributed by atoms with E-state index in [4.69, 9.17) is 5.73 Å². The summed E-state index contributed by atoms with van der Waals surface area (Å²) < 4.78 is 12.7. The van der Waals surface area contributed by atoms with Gasteiger partial charge < -0.3 is 10.6 Å². The monoisotopic (exact) mass is 422 g/mol. The van der Waals surface area contributed by atoms with Crippen LogP contribution in [0.3, 0.4) is 0 Å². The summed E-state index contributed by atoms with van der Waals surface area (Å²) in [6.07, 6.45) is 2.33. The molecule has 160 valence electrons. The maximum atomic E-state index is 12.7. The Labute approximate surface area is 179 Å². The van der Waals surface area contributed by atoms with E-state index in [0.29, 0.717) is 29.9 Å². The fourth-order valence-electron chi connectivity index (χ4n) is 4.51. The molecule has 1 saturated carbocycles. The van der Waals surface area contributed by atoms with Crippen molar-refractivity contribution in [3.63, 3.8) is 0 Å². The largest absolute Gasteiger partial charge is 0.448 e. The van der Waals surface area contributed by atoms with E-state index in [2.05, 4.69) is 9.93 Å². The molecule has 31 heavy (non-hydrogen) atoms. The molecule has 0 unspecified atom stereocenters. The van der Waals surface area contributed by atoms with Crippen LogP contribution < -0.4 is 5.73 Å². The van der Waals surface area contributed by atoms with Gasteiger partial charge in [0.05, 0.1) is 12.2 Å². The van der Waals surface area contributed by atoms with Gasteiger partial charge in [0, 0.05) is 23.2 Å². The zero-order valence-electron chi connectivity index (χ0n) is 17.0. The summed E-state index contributed by atoms with van der Waals surface area (Å²) in [5.41, 5.74) is 9.40. The number of hydrogen-bond acceptors (Lipinski definition) is 5. The number of nitrogens with two attached hydrogens (primary N) is 1. The van der Waals surface area contributed by atoms with Gasteiger partial charge in [0.1, 0.15) is 11.4 Å². The van der Waals surface area contributed by atoms with Crippen molar-refractivity contribution < 1.29 is 19.1 Å². The number of carbonyl (C=O) groups excluding carboxylic acids is 2. The van der Waals surface area contributed by atoms with Crippen molar-refractivity contribution in [1.82, 2.24) is 9.80 Å². The van der Waals surface area contributed by atoms with E-state index >= 15 is 0 Å². The van der Waals surface area contributed by atoms with Crippen LogP contribution in [0.15, 0.2) is 47.5 Å². The van der Waals surface area contributed by atoms with E-state index in [1.165, 1.54) is 4.90 Å². The number of aliphatic imine (C=N–C) groups is 1. The van der Waals surface area contributed by atoms with E-state index in [1.807, 2.05) is 47.4 Å². The molecule has 1 saturated heterocycles. The molecule has 0 aromatic heterocycles. The molecule has 2 N–H and O–H groups in total. The zero-order chi connectivity index (χ0) is 21.6. The number of hydrogen-bond donors (Lipinski definition) is 1. The first kappa shape index (κ1) is 19.5. The maximum Gasteiger partial charge on any atom is 0.448 e. The van der Waals surface area contributed by atoms with Gasteiger partial charge in [-0.15, -0.1) is 0 Å². The molecule has 2 heterocycles. The second-order valence-electron chi connectivity index (χ2n) is 8.38. The Balaban J connectivity index is 1.44. The molecule has 0 radical (unpaired) electrons. The smallest absolute Gasteiger partial charge is 0.385 e. The Bertz CT molecular complexity index is 1070. The molecule has 8 heteroatoms. The summed E-state index contributed by atoms with van der Waals surface area (Å²) in [5, 5.41) is 0. The van der Waals surface area contributed by atoms with E-state index in [1.54, 1.807) is 0 Å². The number of rotatable bonds is 2. The molecule has 0 atom stereocenters. The molecule has 2 aromatic carbocycles. The first-order valence-corrected chi connectivity index (χ1v) is 10.5. The third-order valence-corrected chi connectivity index (χ3v) is 6.52. The summed E-state index contributed by atoms with van der Waals surface area (Å²) in [7, 11) is 0. The minimum absolute atomic E-state index is 0.0675. The zero-order valence-corrected chi connectivity index (χ0v) is 17.0. The van der Waals surface area contributed by atoms with Crippen LogP contribution in [0.1, 0.15) is 41.6 Å². The number of amidine groups is 1. The van der Waals surface area contributed by atoms with Gasteiger partial charge in [-0.05, 0) is 60.6 Å². The first-order valence-electron chi connectivity index (χ1n) is 10.5. The quantitative estimate of drug-likeness (QED) is 0.794. The van der Waals surface area contributed by atoms with Gasteiger partial charge in [-0.1, -0.05) is 24.3 Å². The van der Waals surface area contributed by atoms with Crippen molar-refractivity contribution in [2.45, 2.75) is 37.8 Å². The predicted molar refractivity (Wildman–Crippen MR) is 113 cm³/mol. The fourth-order valence-corrected chi connectivity index (χ4v) is 4.51. The molecule has 2 fully saturated rings. The fraction of sp³-hybridized carbons (Fsp3) is 0.348. The lowest BCUT2D eigenvalue weighted by atomic mass is 10.0. The molecular formula is C23H23FN4O3. The minimum atomic E-state index is -1.05. The summed E-state index contributed by atoms with van der Waals surface area (Å²) in [6.45, 7) is 1.81. The highest BCUT2D eigenvalue weighted by Gasteiger charge is 2.55. The SMILES string of the molecule is NC1=Nc2cc(-c3ccc(C(=O)N4CCCC4)cc3)ccc2CN(C(=O)OF)C12CC2. The number of likely N-dealkylation sites (tertiary alicyclic amines) is 1. The van der Waals surface area contributed by atoms with Gasteiger partial charge in [-0.3, -0.25) is 9.69 Å². The molecule has 2 amide bonds. The van der Waals surface area contributed by atoms with Crippen LogP contribution in [0.4, 0.5) is 15.0 Å². The van der Waals surface area contributed by atoms with E-state index < -0.39 is 11.6 Å². The number of carbonyl (C=O) groups is 2. The van der Waals surface area contributed by atoms with Crippen molar-refractivity contribution >= 4 is 23.5 Å². The highest BCUT2D eigenvalue weighted by molar-refractivity contribution is 5.98. The van der Waals surface area contributed by atoms with Crippen molar-refractivity contribution in [2.75, 3.05) is 13.1 Å². The lowest BCUT2D eigenvalue weighted by molar-refractivity contribution is -0.0838. The van der Waals surface area contributed by atoms with Gasteiger partial charge >= 0.3 is 6.09 Å². The average Bonchev–Trinajstić information content (AvgIpc) is 3.45. The molecular weight excluding hydrogens is 399 g/mol. The number of amides is 2. The van der Waals surface area contributed by atoms with Crippen molar-refractivity contribution in [3.05, 3.63) is 53.6 Å². The van der Waals surface area contributed by atoms with Crippen LogP contribution in [-0.4, -0.2) is 46.3 Å². The number of nitrogens with zero attached hydrogens (tertiary/aromatic N) is 3. The van der Waals surface area contributed by atoms with Crippen LogP contribution in [0.5, 0.6) is 0 Å². The van der Waals surface area contributed by atoms with Crippen LogP contribution in [0, 0.1) is 0 Å². The lowest BCUT2D eigenvalue weighted by Crippen LogP contribution is -2.48. The third-order valence-electron chi connectivity index (χ3n) is 6.52. The topological polar surface area (TPSA) is 88.2 Å². The van der Waals surface area contributed by atoms with Gasteiger partial charge in [0.2, 0.25) is 0 Å². The average molecular weight is 422 g/mol. The molecule has 7 nitrogen and oxygen atoms in total. The van der Waals surface area contributed by atoms with E-state index in [-0.39, 0.29) is 12.5 Å². The Kier molecular flexibility index (Phi) is 4.64. The maximum absolute atomic E-state index is 12.7. The van der Waals surface area contributed by atoms with Crippen molar-refractivity contribution in [1.29, 1.82) is 0 Å². The van der Waals surface area contributed by atoms with Gasteiger partial charge in [0.25, 0.3) is 5.91 Å². The molecule has 0 bridgehead atoms. The summed E-state index contributed by atoms with van der Waals surface area (Å²) in [5.74, 6) is 0.360. The Hall–Kier alpha value is -3.42. The van der Waals surface area contributed by atoms with Crippen LogP contribution in [0.25, 0.3) is 11.1 Å². The molecule has 3 aliphatic rings. The third kappa shape index (κ3) is 3.32. The summed E-state index contributed by atoms with van der Waals surface area (Å²) >= 11 is 0. The second kappa shape index (κ2) is 7.37. The van der Waals surface area contributed by atoms with Crippen LogP contribution in [0.2, 0.25) is 0 Å². The molecule has 2 aromatic rings. The second-order valence-corrected chi connectivity index (χ2v) is 8.38. The van der Waals surface area contributed by atoms with Crippen LogP contribution in [-0.2, 0) is 11.5 Å². The van der Waals surface area contributed by atoms with E-state index in [0.717, 1.165) is 42.6 Å². The van der Waals surface area contributed by atoms with Crippen LogP contribution >= 0.6 is 0 Å². The number of fused-ring (bicyclic) bond motifs is 1. The predicted octanol–water partition coefficient (Wildman–Crippen LogP) is 3.95. The highest BCUT2D eigenvalue weighted by Crippen LogP contribution is 2.46. The highest BCUT2D eigenvalue weighted by atomic mass is 19.3. The Morgan fingerprint density at radius 1 is 1.03 bits per heavy atom. The number of halogens is 1. The lowest BCUT2D eigenvalue weighted by Gasteiger charge is -2.27. The standard InChI is InChI=1S/C23H23FN4O3/c24-31-22(30)28-14-18-8-7-17(13-19(18)26-21(25)23(28)9-10-23)15-3-5-16(6-4-15)20(29)27-11-1-2-12-27/h3-8,13H,1-2,9-12,14H2,(H2,25,26). The van der Waals surface area contributed by atoms with Gasteiger partial charge in [-0.2, -0.15) is 0 Å². The van der Waals surface area contributed by atoms with Gasteiger partial charge in [0.15, 0.2) is 0 Å². The summed E-state index contributed by atoms with van der Waals surface area (Å²) in [6, 6.07) is 13.2. The molecule has 2 aliphatic heterocycles. The molecule has 1 spiro atoms. The summed E-state index contributed by atoms with van der Waals surface area (Å²) in [4.78, 5) is 35.8. The van der Waals surface area contributed by atoms with E-state index in [9.17, 15) is 14.1 Å². The van der Waals surface area contributed by atoms with Crippen molar-refractivity contribution in [2.24, 2.45) is 10.7 Å². The molecule has 1 aliphatic carbocycles. The normalized spacial score (nSPS) is 18.9. The minimum Gasteiger partial charge on any atom is -0.385 e.